The topological polar surface area (TPSA) is 38.2 Å². The number of aromatic nitrogens is 2. The van der Waals surface area contributed by atoms with Crippen LogP contribution in [0.15, 0.2) is 30.3 Å². The quantitative estimate of drug-likeness (QED) is 0.714. The van der Waals surface area contributed by atoms with Gasteiger partial charge in [-0.2, -0.15) is 10.2 Å². The summed E-state index contributed by atoms with van der Waals surface area (Å²) in [6.45, 7) is 5.67. The summed E-state index contributed by atoms with van der Waals surface area (Å²) in [5.41, 5.74) is 2.79. The Hall–Kier alpha value is -1.56. The van der Waals surface area contributed by atoms with Gasteiger partial charge in [0, 0.05) is 38.4 Å². The van der Waals surface area contributed by atoms with Crippen molar-refractivity contribution in [1.82, 2.24) is 15.1 Å². The summed E-state index contributed by atoms with van der Waals surface area (Å²) in [5, 5.41) is 9.16. The lowest BCUT2D eigenvalue weighted by Crippen LogP contribution is -2.63. The molecule has 0 amide bonds. The van der Waals surface area contributed by atoms with E-state index in [1.807, 2.05) is 12.1 Å². The summed E-state index contributed by atoms with van der Waals surface area (Å²) in [5.74, 6) is 1.22. The maximum absolute atomic E-state index is 13.5. The highest BCUT2D eigenvalue weighted by Crippen LogP contribution is 2.53. The molecule has 1 spiro atoms. The molecule has 3 heterocycles. The zero-order chi connectivity index (χ0) is 19.8. The molecule has 1 aliphatic carbocycles. The molecule has 29 heavy (non-hydrogen) atoms. The predicted molar refractivity (Wildman–Crippen MR) is 111 cm³/mol. The van der Waals surface area contributed by atoms with Crippen molar-refractivity contribution in [2.45, 2.75) is 32.1 Å². The van der Waals surface area contributed by atoms with E-state index in [0.29, 0.717) is 27.6 Å². The van der Waals surface area contributed by atoms with Gasteiger partial charge < -0.3 is 9.64 Å². The van der Waals surface area contributed by atoms with Gasteiger partial charge in [0.2, 0.25) is 0 Å². The fourth-order valence-electron chi connectivity index (χ4n) is 5.50. The van der Waals surface area contributed by atoms with Crippen molar-refractivity contribution >= 4 is 11.6 Å². The van der Waals surface area contributed by atoms with Crippen LogP contribution in [-0.2, 0) is 11.2 Å². The fourth-order valence-corrected chi connectivity index (χ4v) is 5.71. The number of likely N-dealkylation sites (tertiary alicyclic amines) is 1. The molecule has 4 nitrogen and oxygen atoms in total. The fraction of sp³-hybridized carbons (Fsp3) is 0.565. The third-order valence-electron chi connectivity index (χ3n) is 6.84. The lowest BCUT2D eigenvalue weighted by Gasteiger charge is -2.60. The molecular formula is C23H27ClFN3O. The predicted octanol–water partition coefficient (Wildman–Crippen LogP) is 4.62. The molecule has 0 radical (unpaired) electrons. The van der Waals surface area contributed by atoms with Crippen molar-refractivity contribution in [2.75, 3.05) is 32.8 Å². The standard InChI is InChI=1S/C23H27ClFN3O/c24-21-3-1-18(25)10-20(21)22-4-2-19(26-27-22)9-17-11-23(12-17)14-28(15-23)13-16-5-7-29-8-6-16/h1-4,10,16-17H,5-9,11-15H2. The first-order valence-corrected chi connectivity index (χ1v) is 11.0. The van der Waals surface area contributed by atoms with E-state index in [4.69, 9.17) is 16.3 Å². The van der Waals surface area contributed by atoms with Crippen LogP contribution in [0.25, 0.3) is 11.3 Å². The van der Waals surface area contributed by atoms with E-state index in [0.717, 1.165) is 31.2 Å². The van der Waals surface area contributed by atoms with Gasteiger partial charge in [0.05, 0.1) is 16.4 Å². The molecule has 154 valence electrons. The molecule has 0 atom stereocenters. The van der Waals surface area contributed by atoms with Crippen LogP contribution in [0, 0.1) is 23.1 Å². The molecule has 2 saturated heterocycles. The summed E-state index contributed by atoms with van der Waals surface area (Å²) in [6.07, 6.45) is 6.03. The first-order valence-electron chi connectivity index (χ1n) is 10.7. The van der Waals surface area contributed by atoms with Crippen LogP contribution in [0.2, 0.25) is 5.02 Å². The van der Waals surface area contributed by atoms with Crippen LogP contribution in [0.1, 0.15) is 31.4 Å². The average Bonchev–Trinajstić information content (AvgIpc) is 2.68. The van der Waals surface area contributed by atoms with E-state index in [1.165, 1.54) is 57.5 Å². The monoisotopic (exact) mass is 415 g/mol. The highest BCUT2D eigenvalue weighted by atomic mass is 35.5. The molecular weight excluding hydrogens is 389 g/mol. The summed E-state index contributed by atoms with van der Waals surface area (Å²) in [6, 6.07) is 8.22. The second-order valence-corrected chi connectivity index (χ2v) is 9.65. The molecule has 1 aromatic heterocycles. The normalized spacial score (nSPS) is 22.4. The third kappa shape index (κ3) is 4.18. The Morgan fingerprint density at radius 1 is 1.07 bits per heavy atom. The molecule has 0 bridgehead atoms. The molecule has 3 aliphatic rings. The molecule has 0 N–H and O–H groups in total. The number of hydrogen-bond donors (Lipinski definition) is 0. The second kappa shape index (κ2) is 7.93. The minimum atomic E-state index is -0.318. The second-order valence-electron chi connectivity index (χ2n) is 9.24. The summed E-state index contributed by atoms with van der Waals surface area (Å²) in [4.78, 5) is 2.64. The lowest BCUT2D eigenvalue weighted by molar-refractivity contribution is -0.103. The van der Waals surface area contributed by atoms with E-state index >= 15 is 0 Å². The van der Waals surface area contributed by atoms with Gasteiger partial charge in [-0.3, -0.25) is 0 Å². The van der Waals surface area contributed by atoms with Crippen LogP contribution >= 0.6 is 11.6 Å². The summed E-state index contributed by atoms with van der Waals surface area (Å²) < 4.78 is 19.0. The highest BCUT2D eigenvalue weighted by Gasteiger charge is 2.52. The molecule has 5 rings (SSSR count). The minimum absolute atomic E-state index is 0.318. The number of ether oxygens (including phenoxy) is 1. The van der Waals surface area contributed by atoms with Gasteiger partial charge in [-0.05, 0) is 79.7 Å². The van der Waals surface area contributed by atoms with Gasteiger partial charge in [0.25, 0.3) is 0 Å². The Morgan fingerprint density at radius 2 is 1.86 bits per heavy atom. The average molecular weight is 416 g/mol. The van der Waals surface area contributed by atoms with Gasteiger partial charge in [-0.15, -0.1) is 0 Å². The van der Waals surface area contributed by atoms with Gasteiger partial charge in [-0.1, -0.05) is 11.6 Å². The number of benzene rings is 1. The van der Waals surface area contributed by atoms with E-state index in [2.05, 4.69) is 15.1 Å². The Bertz CT molecular complexity index is 855. The zero-order valence-corrected chi connectivity index (χ0v) is 17.4. The smallest absolute Gasteiger partial charge is 0.123 e. The first-order chi connectivity index (χ1) is 14.1. The van der Waals surface area contributed by atoms with Crippen molar-refractivity contribution in [3.8, 4) is 11.3 Å². The Balaban J connectivity index is 1.10. The zero-order valence-electron chi connectivity index (χ0n) is 16.6. The minimum Gasteiger partial charge on any atom is -0.381 e. The maximum atomic E-state index is 13.5. The van der Waals surface area contributed by atoms with Crippen molar-refractivity contribution < 1.29 is 9.13 Å². The van der Waals surface area contributed by atoms with Gasteiger partial charge in [0.15, 0.2) is 0 Å². The van der Waals surface area contributed by atoms with Crippen LogP contribution < -0.4 is 0 Å². The Labute approximate surface area is 176 Å². The largest absolute Gasteiger partial charge is 0.381 e. The SMILES string of the molecule is Fc1ccc(Cl)c(-c2ccc(CC3CC4(C3)CN(CC3CCOCC3)C4)nn2)c1. The van der Waals surface area contributed by atoms with Gasteiger partial charge in [-0.25, -0.2) is 4.39 Å². The molecule has 3 fully saturated rings. The van der Waals surface area contributed by atoms with Crippen molar-refractivity contribution in [2.24, 2.45) is 17.3 Å². The van der Waals surface area contributed by atoms with E-state index in [1.54, 1.807) is 6.07 Å². The van der Waals surface area contributed by atoms with Crippen LogP contribution in [0.5, 0.6) is 0 Å². The van der Waals surface area contributed by atoms with Gasteiger partial charge >= 0.3 is 0 Å². The molecule has 6 heteroatoms. The molecule has 1 aromatic carbocycles. The van der Waals surface area contributed by atoms with Crippen LogP contribution in [0.3, 0.4) is 0 Å². The first kappa shape index (κ1) is 19.4. The molecule has 2 aromatic rings. The number of rotatable bonds is 5. The van der Waals surface area contributed by atoms with Crippen molar-refractivity contribution in [3.05, 3.63) is 46.9 Å². The van der Waals surface area contributed by atoms with Crippen LogP contribution in [0.4, 0.5) is 4.39 Å². The van der Waals surface area contributed by atoms with E-state index < -0.39 is 0 Å². The molecule has 0 unspecified atom stereocenters. The van der Waals surface area contributed by atoms with E-state index in [9.17, 15) is 4.39 Å². The van der Waals surface area contributed by atoms with Gasteiger partial charge in [0.1, 0.15) is 5.82 Å². The van der Waals surface area contributed by atoms with Crippen molar-refractivity contribution in [3.63, 3.8) is 0 Å². The Kier molecular flexibility index (Phi) is 5.31. The number of halogens is 2. The lowest BCUT2D eigenvalue weighted by atomic mass is 9.56. The summed E-state index contributed by atoms with van der Waals surface area (Å²) >= 11 is 6.17. The molecule has 1 saturated carbocycles. The Morgan fingerprint density at radius 3 is 2.59 bits per heavy atom. The van der Waals surface area contributed by atoms with E-state index in [-0.39, 0.29) is 5.82 Å². The van der Waals surface area contributed by atoms with Crippen molar-refractivity contribution in [1.29, 1.82) is 0 Å². The molecule has 2 aliphatic heterocycles. The van der Waals surface area contributed by atoms with Crippen LogP contribution in [-0.4, -0.2) is 47.9 Å². The number of hydrogen-bond acceptors (Lipinski definition) is 4. The highest BCUT2D eigenvalue weighted by molar-refractivity contribution is 6.33. The number of nitrogens with zero attached hydrogens (tertiary/aromatic N) is 3. The maximum Gasteiger partial charge on any atom is 0.123 e. The third-order valence-corrected chi connectivity index (χ3v) is 7.17. The summed E-state index contributed by atoms with van der Waals surface area (Å²) in [7, 11) is 0.